The average Bonchev–Trinajstić information content (AvgIpc) is 3.87. The van der Waals surface area contributed by atoms with E-state index in [1.807, 2.05) is 12.1 Å². The smallest absolute Gasteiger partial charge is 0.0973 e. The van der Waals surface area contributed by atoms with E-state index in [4.69, 9.17) is 9.97 Å². The molecule has 0 saturated carbocycles. The molecule has 0 fully saturated rings. The molecule has 298 valence electrons. The van der Waals surface area contributed by atoms with Gasteiger partial charge in [0.25, 0.3) is 0 Å². The standard InChI is InChI=1S/C60H38N4/c1-5-17-40(18-6-1)49-37-57-58(48-27-14-13-25-46(48)49)51-36-50-47-26-15-16-28-54(47)63(55(50)38-56(51)64(57)44-23-11-4-12-24-44)45-32-29-39(30-33-45)43-31-34-52-53(35-43)62-60(42-21-9-3-10-22-42)59(61-52)41-19-7-2-8-20-41/h1-38H. The van der Waals surface area contributed by atoms with E-state index < -0.39 is 0 Å². The van der Waals surface area contributed by atoms with Crippen LogP contribution >= 0.6 is 0 Å². The summed E-state index contributed by atoms with van der Waals surface area (Å²) in [6.45, 7) is 0. The van der Waals surface area contributed by atoms with Gasteiger partial charge in [-0.15, -0.1) is 0 Å². The van der Waals surface area contributed by atoms with E-state index in [1.165, 1.54) is 60.0 Å². The minimum absolute atomic E-state index is 0.865. The van der Waals surface area contributed by atoms with Crippen molar-refractivity contribution < 1.29 is 0 Å². The maximum Gasteiger partial charge on any atom is 0.0973 e. The number of hydrogen-bond donors (Lipinski definition) is 0. The van der Waals surface area contributed by atoms with Crippen molar-refractivity contribution in [3.05, 3.63) is 231 Å². The Morgan fingerprint density at radius 2 is 0.781 bits per heavy atom. The summed E-state index contributed by atoms with van der Waals surface area (Å²) >= 11 is 0. The van der Waals surface area contributed by atoms with Crippen molar-refractivity contribution in [1.82, 2.24) is 19.1 Å². The summed E-state index contributed by atoms with van der Waals surface area (Å²) in [4.78, 5) is 10.5. The summed E-state index contributed by atoms with van der Waals surface area (Å²) < 4.78 is 4.89. The Morgan fingerprint density at radius 3 is 1.47 bits per heavy atom. The zero-order valence-corrected chi connectivity index (χ0v) is 34.7. The SMILES string of the molecule is c1ccc(-c2nc3ccc(-c4ccc(-n5c6ccccc6c6cc7c8c9ccccc9c(-c9ccccc9)cc8n(-c8ccccc8)c7cc65)cc4)cc3nc2-c2ccccc2)cc1. The second kappa shape index (κ2) is 14.5. The van der Waals surface area contributed by atoms with Gasteiger partial charge in [0.15, 0.2) is 0 Å². The first-order valence-electron chi connectivity index (χ1n) is 21.8. The normalized spacial score (nSPS) is 11.8. The fourth-order valence-corrected chi connectivity index (χ4v) is 9.96. The molecule has 0 aliphatic rings. The Bertz CT molecular complexity index is 3910. The van der Waals surface area contributed by atoms with E-state index in [1.54, 1.807) is 0 Å². The van der Waals surface area contributed by atoms with Crippen molar-refractivity contribution >= 4 is 65.4 Å². The van der Waals surface area contributed by atoms with E-state index >= 15 is 0 Å². The molecular weight excluding hydrogens is 777 g/mol. The van der Waals surface area contributed by atoms with E-state index in [9.17, 15) is 0 Å². The first kappa shape index (κ1) is 36.1. The number of para-hydroxylation sites is 2. The number of nitrogens with zero attached hydrogens (tertiary/aromatic N) is 4. The van der Waals surface area contributed by atoms with Gasteiger partial charge in [-0.05, 0) is 93.7 Å². The molecule has 0 unspecified atom stereocenters. The lowest BCUT2D eigenvalue weighted by Crippen LogP contribution is -1.96. The van der Waals surface area contributed by atoms with Crippen molar-refractivity contribution in [2.45, 2.75) is 0 Å². The second-order valence-corrected chi connectivity index (χ2v) is 16.5. The van der Waals surface area contributed by atoms with E-state index in [0.29, 0.717) is 0 Å². The van der Waals surface area contributed by atoms with Crippen LogP contribution in [0, 0.1) is 0 Å². The maximum absolute atomic E-state index is 5.27. The van der Waals surface area contributed by atoms with Crippen molar-refractivity contribution in [2.24, 2.45) is 0 Å². The van der Waals surface area contributed by atoms with Crippen LogP contribution in [0.25, 0.3) is 122 Å². The first-order chi connectivity index (χ1) is 31.7. The largest absolute Gasteiger partial charge is 0.309 e. The molecule has 64 heavy (non-hydrogen) atoms. The number of benzene rings is 10. The minimum atomic E-state index is 0.865. The predicted molar refractivity (Wildman–Crippen MR) is 267 cm³/mol. The summed E-state index contributed by atoms with van der Waals surface area (Å²) in [5.74, 6) is 0. The van der Waals surface area contributed by atoms with Gasteiger partial charge in [-0.25, -0.2) is 9.97 Å². The van der Waals surface area contributed by atoms with Crippen LogP contribution < -0.4 is 0 Å². The number of hydrogen-bond acceptors (Lipinski definition) is 2. The molecule has 0 aliphatic heterocycles. The molecular formula is C60H38N4. The van der Waals surface area contributed by atoms with Crippen molar-refractivity contribution in [1.29, 1.82) is 0 Å². The van der Waals surface area contributed by atoms with E-state index in [2.05, 4.69) is 228 Å². The molecule has 4 heteroatoms. The monoisotopic (exact) mass is 814 g/mol. The van der Waals surface area contributed by atoms with Gasteiger partial charge in [-0.1, -0.05) is 170 Å². The number of aromatic nitrogens is 4. The fourth-order valence-electron chi connectivity index (χ4n) is 9.96. The highest BCUT2D eigenvalue weighted by atomic mass is 15.0. The molecule has 4 nitrogen and oxygen atoms in total. The highest BCUT2D eigenvalue weighted by Gasteiger charge is 2.22. The Balaban J connectivity index is 0.994. The van der Waals surface area contributed by atoms with Gasteiger partial charge in [-0.2, -0.15) is 0 Å². The highest BCUT2D eigenvalue weighted by molar-refractivity contribution is 6.27. The summed E-state index contributed by atoms with van der Waals surface area (Å²) in [7, 11) is 0. The van der Waals surface area contributed by atoms with Gasteiger partial charge in [-0.3, -0.25) is 0 Å². The fraction of sp³-hybridized carbons (Fsp3) is 0. The third-order valence-electron chi connectivity index (χ3n) is 12.9. The predicted octanol–water partition coefficient (Wildman–Crippen LogP) is 15.6. The van der Waals surface area contributed by atoms with Gasteiger partial charge < -0.3 is 9.13 Å². The summed E-state index contributed by atoms with van der Waals surface area (Å²) in [5.41, 5.74) is 17.2. The summed E-state index contributed by atoms with van der Waals surface area (Å²) in [6, 6.07) is 82.7. The molecule has 0 saturated heterocycles. The number of fused-ring (bicyclic) bond motifs is 9. The third-order valence-corrected chi connectivity index (χ3v) is 12.9. The van der Waals surface area contributed by atoms with Gasteiger partial charge in [0.2, 0.25) is 0 Å². The lowest BCUT2D eigenvalue weighted by molar-refractivity contribution is 1.16. The zero-order valence-electron chi connectivity index (χ0n) is 34.7. The van der Waals surface area contributed by atoms with Crippen molar-refractivity contribution in [3.63, 3.8) is 0 Å². The van der Waals surface area contributed by atoms with Crippen LogP contribution in [-0.2, 0) is 0 Å². The molecule has 0 atom stereocenters. The molecule has 0 amide bonds. The third kappa shape index (κ3) is 5.70. The topological polar surface area (TPSA) is 35.6 Å². The Labute approximate surface area is 369 Å². The number of rotatable bonds is 6. The van der Waals surface area contributed by atoms with Gasteiger partial charge in [0, 0.05) is 44.0 Å². The first-order valence-corrected chi connectivity index (χ1v) is 21.8. The molecule has 13 rings (SSSR count). The quantitative estimate of drug-likeness (QED) is 0.168. The van der Waals surface area contributed by atoms with Gasteiger partial charge >= 0.3 is 0 Å². The maximum atomic E-state index is 5.27. The molecule has 0 N–H and O–H groups in total. The Hall–Kier alpha value is -8.60. The van der Waals surface area contributed by atoms with E-state index in [-0.39, 0.29) is 0 Å². The molecule has 13 aromatic rings. The van der Waals surface area contributed by atoms with E-state index in [0.717, 1.165) is 61.6 Å². The Kier molecular flexibility index (Phi) is 8.18. The van der Waals surface area contributed by atoms with Crippen LogP contribution in [0.4, 0.5) is 0 Å². The zero-order chi connectivity index (χ0) is 42.1. The van der Waals surface area contributed by atoms with Crippen molar-refractivity contribution in [3.8, 4) is 56.1 Å². The Morgan fingerprint density at radius 1 is 0.266 bits per heavy atom. The summed E-state index contributed by atoms with van der Waals surface area (Å²) in [6.07, 6.45) is 0. The van der Waals surface area contributed by atoms with Crippen LogP contribution in [-0.4, -0.2) is 19.1 Å². The highest BCUT2D eigenvalue weighted by Crippen LogP contribution is 2.44. The van der Waals surface area contributed by atoms with Gasteiger partial charge in [0.1, 0.15) is 0 Å². The molecule has 10 aromatic carbocycles. The van der Waals surface area contributed by atoms with Crippen LogP contribution in [0.1, 0.15) is 0 Å². The van der Waals surface area contributed by atoms with Gasteiger partial charge in [0.05, 0.1) is 44.5 Å². The van der Waals surface area contributed by atoms with Crippen LogP contribution in [0.2, 0.25) is 0 Å². The van der Waals surface area contributed by atoms with Crippen LogP contribution in [0.5, 0.6) is 0 Å². The molecule has 3 heterocycles. The minimum Gasteiger partial charge on any atom is -0.309 e. The molecule has 0 bridgehead atoms. The lowest BCUT2D eigenvalue weighted by atomic mass is 9.94. The average molecular weight is 815 g/mol. The molecule has 0 aliphatic carbocycles. The van der Waals surface area contributed by atoms with Crippen molar-refractivity contribution in [2.75, 3.05) is 0 Å². The molecule has 3 aromatic heterocycles. The second-order valence-electron chi connectivity index (χ2n) is 16.5. The molecule has 0 radical (unpaired) electrons. The van der Waals surface area contributed by atoms with Crippen LogP contribution in [0.3, 0.4) is 0 Å². The molecule has 0 spiro atoms. The summed E-state index contributed by atoms with van der Waals surface area (Å²) in [5, 5.41) is 7.47. The lowest BCUT2D eigenvalue weighted by Gasteiger charge is -2.13. The van der Waals surface area contributed by atoms with Crippen LogP contribution in [0.15, 0.2) is 231 Å².